The molecule has 0 aliphatic heterocycles. The molecule has 0 saturated heterocycles. The van der Waals surface area contributed by atoms with Crippen LogP contribution in [-0.4, -0.2) is 12.1 Å². The van der Waals surface area contributed by atoms with Gasteiger partial charge in [0.25, 0.3) is 5.91 Å². The van der Waals surface area contributed by atoms with Gasteiger partial charge in [-0.1, -0.05) is 41.4 Å². The van der Waals surface area contributed by atoms with E-state index in [0.717, 1.165) is 5.56 Å². The van der Waals surface area contributed by atoms with E-state index in [-0.39, 0.29) is 5.91 Å². The second kappa shape index (κ2) is 6.00. The summed E-state index contributed by atoms with van der Waals surface area (Å²) < 4.78 is 0.565. The smallest absolute Gasteiger partial charge is 0.266 e. The van der Waals surface area contributed by atoms with Gasteiger partial charge in [0.1, 0.15) is 0 Å². The number of rotatable bonds is 3. The van der Waals surface area contributed by atoms with Gasteiger partial charge in [-0.3, -0.25) is 4.79 Å². The molecule has 1 amide bonds. The van der Waals surface area contributed by atoms with Crippen molar-refractivity contribution in [1.29, 1.82) is 0 Å². The molecule has 92 valence electrons. The lowest BCUT2D eigenvalue weighted by molar-refractivity contribution is 0.0959. The summed E-state index contributed by atoms with van der Waals surface area (Å²) in [6.45, 7) is 0. The third-order valence-electron chi connectivity index (χ3n) is 2.07. The number of amides is 1. The van der Waals surface area contributed by atoms with E-state index in [1.165, 1.54) is 17.6 Å². The normalized spacial score (nSPS) is 10.8. The number of thiophene rings is 1. The van der Waals surface area contributed by atoms with Gasteiger partial charge in [-0.25, -0.2) is 5.43 Å². The van der Waals surface area contributed by atoms with Crippen molar-refractivity contribution in [3.05, 3.63) is 56.2 Å². The molecule has 18 heavy (non-hydrogen) atoms. The van der Waals surface area contributed by atoms with E-state index < -0.39 is 0 Å². The average molecular weight is 299 g/mol. The Morgan fingerprint density at radius 1 is 1.22 bits per heavy atom. The van der Waals surface area contributed by atoms with Gasteiger partial charge >= 0.3 is 0 Å². The second-order valence-corrected chi connectivity index (χ2v) is 5.45. The molecule has 2 aromatic rings. The minimum Gasteiger partial charge on any atom is -0.266 e. The number of hydrazone groups is 1. The van der Waals surface area contributed by atoms with Gasteiger partial charge in [-0.05, 0) is 18.2 Å². The van der Waals surface area contributed by atoms with Crippen molar-refractivity contribution < 1.29 is 4.79 Å². The maximum Gasteiger partial charge on any atom is 0.281 e. The van der Waals surface area contributed by atoms with Crippen LogP contribution < -0.4 is 5.43 Å². The number of carbonyl (C=O) groups excluding carboxylic acids is 1. The molecule has 0 atom stereocenters. The Kier molecular flexibility index (Phi) is 4.36. The Hall–Kier alpha value is -1.36. The van der Waals surface area contributed by atoms with Crippen molar-refractivity contribution in [2.45, 2.75) is 0 Å². The molecule has 0 aliphatic rings. The van der Waals surface area contributed by atoms with Crippen molar-refractivity contribution in [3.63, 3.8) is 0 Å². The standard InChI is InChI=1S/C12H8Cl2N2OS/c13-9-4-2-1-3-8(9)7-15-16-12(17)10-5-6-11(14)18-10/h1-7H,(H,16,17). The summed E-state index contributed by atoms with van der Waals surface area (Å²) in [5.74, 6) is -0.296. The van der Waals surface area contributed by atoms with Gasteiger partial charge in [0, 0.05) is 10.6 Å². The van der Waals surface area contributed by atoms with E-state index in [1.54, 1.807) is 24.3 Å². The zero-order valence-electron chi connectivity index (χ0n) is 9.06. The van der Waals surface area contributed by atoms with Crippen LogP contribution in [0.4, 0.5) is 0 Å². The van der Waals surface area contributed by atoms with Crippen LogP contribution in [0.25, 0.3) is 0 Å². The van der Waals surface area contributed by atoms with Crippen molar-refractivity contribution >= 4 is 46.7 Å². The first-order chi connectivity index (χ1) is 8.66. The van der Waals surface area contributed by atoms with E-state index in [4.69, 9.17) is 23.2 Å². The van der Waals surface area contributed by atoms with Crippen LogP contribution in [0.3, 0.4) is 0 Å². The number of benzene rings is 1. The highest BCUT2D eigenvalue weighted by atomic mass is 35.5. The fourth-order valence-electron chi connectivity index (χ4n) is 1.23. The Morgan fingerprint density at radius 2 is 2.00 bits per heavy atom. The zero-order valence-corrected chi connectivity index (χ0v) is 11.4. The largest absolute Gasteiger partial charge is 0.281 e. The van der Waals surface area contributed by atoms with Crippen LogP contribution in [0, 0.1) is 0 Å². The van der Waals surface area contributed by atoms with E-state index in [1.807, 2.05) is 12.1 Å². The van der Waals surface area contributed by atoms with Crippen molar-refractivity contribution in [1.82, 2.24) is 5.43 Å². The SMILES string of the molecule is O=C(NN=Cc1ccccc1Cl)c1ccc(Cl)s1. The lowest BCUT2D eigenvalue weighted by atomic mass is 10.2. The number of nitrogens with one attached hydrogen (secondary N) is 1. The molecular weight excluding hydrogens is 291 g/mol. The zero-order chi connectivity index (χ0) is 13.0. The highest BCUT2D eigenvalue weighted by Gasteiger charge is 2.06. The summed E-state index contributed by atoms with van der Waals surface area (Å²) in [6, 6.07) is 10.5. The maximum atomic E-state index is 11.6. The number of carbonyl (C=O) groups is 1. The van der Waals surface area contributed by atoms with Crippen molar-refractivity contribution in [3.8, 4) is 0 Å². The van der Waals surface area contributed by atoms with Gasteiger partial charge < -0.3 is 0 Å². The molecule has 2 rings (SSSR count). The molecule has 0 aliphatic carbocycles. The summed E-state index contributed by atoms with van der Waals surface area (Å²) in [6.07, 6.45) is 1.50. The summed E-state index contributed by atoms with van der Waals surface area (Å²) in [7, 11) is 0. The van der Waals surface area contributed by atoms with Crippen LogP contribution in [0.5, 0.6) is 0 Å². The van der Waals surface area contributed by atoms with Gasteiger partial charge in [-0.2, -0.15) is 5.10 Å². The highest BCUT2D eigenvalue weighted by molar-refractivity contribution is 7.17. The van der Waals surface area contributed by atoms with Crippen LogP contribution in [0.2, 0.25) is 9.36 Å². The third-order valence-corrected chi connectivity index (χ3v) is 3.65. The predicted molar refractivity (Wildman–Crippen MR) is 75.8 cm³/mol. The van der Waals surface area contributed by atoms with Gasteiger partial charge in [0.2, 0.25) is 0 Å². The number of hydrogen-bond acceptors (Lipinski definition) is 3. The predicted octanol–water partition coefficient (Wildman–Crippen LogP) is 3.82. The lowest BCUT2D eigenvalue weighted by Gasteiger charge is -1.97. The quantitative estimate of drug-likeness (QED) is 0.679. The summed E-state index contributed by atoms with van der Waals surface area (Å²) >= 11 is 12.9. The second-order valence-electron chi connectivity index (χ2n) is 3.32. The van der Waals surface area contributed by atoms with Gasteiger partial charge in [0.15, 0.2) is 0 Å². The molecule has 6 heteroatoms. The molecule has 0 bridgehead atoms. The summed E-state index contributed by atoms with van der Waals surface area (Å²) in [5.41, 5.74) is 3.15. The molecule has 1 heterocycles. The summed E-state index contributed by atoms with van der Waals surface area (Å²) in [4.78, 5) is 12.1. The van der Waals surface area contributed by atoms with E-state index in [0.29, 0.717) is 14.2 Å². The molecule has 0 unspecified atom stereocenters. The highest BCUT2D eigenvalue weighted by Crippen LogP contribution is 2.21. The van der Waals surface area contributed by atoms with E-state index >= 15 is 0 Å². The fraction of sp³-hybridized carbons (Fsp3) is 0. The number of hydrogen-bond donors (Lipinski definition) is 1. The Morgan fingerprint density at radius 3 is 2.67 bits per heavy atom. The molecule has 0 fully saturated rings. The van der Waals surface area contributed by atoms with Gasteiger partial charge in [0.05, 0.1) is 15.4 Å². The third kappa shape index (κ3) is 3.32. The topological polar surface area (TPSA) is 41.5 Å². The van der Waals surface area contributed by atoms with Crippen molar-refractivity contribution in [2.24, 2.45) is 5.10 Å². The van der Waals surface area contributed by atoms with Crippen molar-refractivity contribution in [2.75, 3.05) is 0 Å². The minimum atomic E-state index is -0.296. The first kappa shape index (κ1) is 13.1. The lowest BCUT2D eigenvalue weighted by Crippen LogP contribution is -2.16. The molecule has 1 aromatic carbocycles. The molecule has 0 spiro atoms. The van der Waals surface area contributed by atoms with Crippen LogP contribution in [0.1, 0.15) is 15.2 Å². The Balaban J connectivity index is 2.00. The monoisotopic (exact) mass is 298 g/mol. The first-order valence-electron chi connectivity index (χ1n) is 5.00. The molecule has 1 aromatic heterocycles. The van der Waals surface area contributed by atoms with Crippen LogP contribution in [-0.2, 0) is 0 Å². The average Bonchev–Trinajstić information content (AvgIpc) is 2.78. The molecule has 3 nitrogen and oxygen atoms in total. The molecule has 0 saturated carbocycles. The first-order valence-corrected chi connectivity index (χ1v) is 6.57. The molecule has 1 N–H and O–H groups in total. The minimum absolute atomic E-state index is 0.296. The van der Waals surface area contributed by atoms with E-state index in [9.17, 15) is 4.79 Å². The van der Waals surface area contributed by atoms with E-state index in [2.05, 4.69) is 10.5 Å². The Labute approximate surface area is 118 Å². The fourth-order valence-corrected chi connectivity index (χ4v) is 2.35. The van der Waals surface area contributed by atoms with Crippen LogP contribution in [0.15, 0.2) is 41.5 Å². The molecule has 0 radical (unpaired) electrons. The number of nitrogens with zero attached hydrogens (tertiary/aromatic N) is 1. The van der Waals surface area contributed by atoms with Gasteiger partial charge in [-0.15, -0.1) is 11.3 Å². The number of halogens is 2. The Bertz CT molecular complexity index is 595. The summed E-state index contributed by atoms with van der Waals surface area (Å²) in [5, 5.41) is 4.42. The van der Waals surface area contributed by atoms with Crippen LogP contribution >= 0.6 is 34.5 Å². The molecular formula is C12H8Cl2N2OS. The maximum absolute atomic E-state index is 11.6.